The van der Waals surface area contributed by atoms with E-state index in [-0.39, 0.29) is 17.4 Å². The number of anilines is 1. The van der Waals surface area contributed by atoms with Gasteiger partial charge in [-0.1, -0.05) is 12.1 Å². The molecule has 0 radical (unpaired) electrons. The summed E-state index contributed by atoms with van der Waals surface area (Å²) in [7, 11) is 1.56. The molecular formula is C29H27NO6. The van der Waals surface area contributed by atoms with E-state index in [0.29, 0.717) is 41.3 Å². The van der Waals surface area contributed by atoms with Gasteiger partial charge in [-0.15, -0.1) is 0 Å². The second kappa shape index (κ2) is 9.41. The molecule has 36 heavy (non-hydrogen) atoms. The van der Waals surface area contributed by atoms with E-state index in [0.717, 1.165) is 11.3 Å². The number of Topliss-reactive ketones (excluding diaryl/α,β-unsaturated/α-hetero) is 1. The first-order chi connectivity index (χ1) is 17.4. The lowest BCUT2D eigenvalue weighted by atomic mass is 9.94. The van der Waals surface area contributed by atoms with Crippen molar-refractivity contribution in [3.05, 3.63) is 89.0 Å². The number of amides is 1. The van der Waals surface area contributed by atoms with Crippen LogP contribution in [0.2, 0.25) is 0 Å². The van der Waals surface area contributed by atoms with Gasteiger partial charge in [0, 0.05) is 17.7 Å². The van der Waals surface area contributed by atoms with Crippen molar-refractivity contribution in [1.29, 1.82) is 0 Å². The monoisotopic (exact) mass is 485 g/mol. The molecule has 184 valence electrons. The summed E-state index contributed by atoms with van der Waals surface area (Å²) in [4.78, 5) is 28.2. The zero-order valence-electron chi connectivity index (χ0n) is 20.4. The number of aliphatic hydroxyl groups is 1. The molecule has 1 atom stereocenters. The number of rotatable bonds is 6. The number of hydrogen-bond donors (Lipinski definition) is 1. The third kappa shape index (κ3) is 4.17. The van der Waals surface area contributed by atoms with E-state index in [2.05, 4.69) is 0 Å². The van der Waals surface area contributed by atoms with Gasteiger partial charge in [0.15, 0.2) is 0 Å². The van der Waals surface area contributed by atoms with Gasteiger partial charge in [0.05, 0.1) is 31.4 Å². The Morgan fingerprint density at radius 3 is 2.53 bits per heavy atom. The highest BCUT2D eigenvalue weighted by molar-refractivity contribution is 6.51. The average molecular weight is 486 g/mol. The molecule has 0 bridgehead atoms. The Kier molecular flexibility index (Phi) is 6.14. The Morgan fingerprint density at radius 2 is 1.81 bits per heavy atom. The minimum Gasteiger partial charge on any atom is -0.507 e. The Balaban J connectivity index is 1.68. The van der Waals surface area contributed by atoms with E-state index in [9.17, 15) is 14.7 Å². The summed E-state index contributed by atoms with van der Waals surface area (Å²) in [5.41, 5.74) is 2.60. The zero-order valence-corrected chi connectivity index (χ0v) is 20.4. The molecule has 0 aromatic heterocycles. The van der Waals surface area contributed by atoms with E-state index in [1.54, 1.807) is 49.6 Å². The molecule has 1 N–H and O–H groups in total. The molecule has 1 amide bonds. The number of carbonyl (C=O) groups is 2. The number of aliphatic hydroxyl groups excluding tert-OH is 1. The van der Waals surface area contributed by atoms with Crippen molar-refractivity contribution in [2.24, 2.45) is 0 Å². The van der Waals surface area contributed by atoms with E-state index >= 15 is 0 Å². The van der Waals surface area contributed by atoms with E-state index in [1.165, 1.54) is 4.90 Å². The molecule has 1 unspecified atom stereocenters. The number of ether oxygens (including phenoxy) is 3. The quantitative estimate of drug-likeness (QED) is 0.299. The normalized spacial score (nSPS) is 18.3. The Bertz CT molecular complexity index is 1360. The lowest BCUT2D eigenvalue weighted by Crippen LogP contribution is -2.29. The molecule has 7 nitrogen and oxygen atoms in total. The van der Waals surface area contributed by atoms with Crippen molar-refractivity contribution in [2.45, 2.75) is 32.4 Å². The number of methoxy groups -OCH3 is 1. The van der Waals surface area contributed by atoms with Gasteiger partial charge in [-0.2, -0.15) is 0 Å². The fourth-order valence-corrected chi connectivity index (χ4v) is 4.68. The van der Waals surface area contributed by atoms with Crippen LogP contribution in [0.1, 0.15) is 36.6 Å². The number of hydrogen-bond acceptors (Lipinski definition) is 6. The van der Waals surface area contributed by atoms with Gasteiger partial charge in [-0.3, -0.25) is 14.5 Å². The van der Waals surface area contributed by atoms with E-state index < -0.39 is 17.7 Å². The minimum absolute atomic E-state index is 0.0244. The highest BCUT2D eigenvalue weighted by Crippen LogP contribution is 2.43. The lowest BCUT2D eigenvalue weighted by Gasteiger charge is -2.26. The van der Waals surface area contributed by atoms with Crippen LogP contribution in [0.15, 0.2) is 72.3 Å². The van der Waals surface area contributed by atoms with Crippen LogP contribution >= 0.6 is 0 Å². The Hall–Kier alpha value is -4.26. The van der Waals surface area contributed by atoms with E-state index in [4.69, 9.17) is 14.2 Å². The topological polar surface area (TPSA) is 85.3 Å². The second-order valence-corrected chi connectivity index (χ2v) is 9.03. The molecule has 7 heteroatoms. The number of carbonyl (C=O) groups excluding carboxylic acids is 2. The Morgan fingerprint density at radius 1 is 1.03 bits per heavy atom. The molecule has 1 fully saturated rings. The maximum Gasteiger partial charge on any atom is 0.300 e. The summed E-state index contributed by atoms with van der Waals surface area (Å²) < 4.78 is 16.7. The highest BCUT2D eigenvalue weighted by Gasteiger charge is 2.47. The van der Waals surface area contributed by atoms with Gasteiger partial charge in [0.25, 0.3) is 11.7 Å². The second-order valence-electron chi connectivity index (χ2n) is 9.03. The highest BCUT2D eigenvalue weighted by atomic mass is 16.5. The lowest BCUT2D eigenvalue weighted by molar-refractivity contribution is -0.132. The average Bonchev–Trinajstić information content (AvgIpc) is 3.45. The summed E-state index contributed by atoms with van der Waals surface area (Å²) in [6.07, 6.45) is 0.663. The summed E-state index contributed by atoms with van der Waals surface area (Å²) in [5, 5.41) is 11.4. The molecule has 2 heterocycles. The van der Waals surface area contributed by atoms with Crippen molar-refractivity contribution in [3.63, 3.8) is 0 Å². The molecule has 2 aliphatic rings. The van der Waals surface area contributed by atoms with Gasteiger partial charge in [-0.05, 0) is 79.6 Å². The molecule has 1 saturated heterocycles. The van der Waals surface area contributed by atoms with Crippen LogP contribution in [0, 0.1) is 0 Å². The van der Waals surface area contributed by atoms with Crippen molar-refractivity contribution < 1.29 is 28.9 Å². The fraction of sp³-hybridized carbons (Fsp3) is 0.241. The van der Waals surface area contributed by atoms with Crippen molar-refractivity contribution >= 4 is 23.1 Å². The van der Waals surface area contributed by atoms with Crippen molar-refractivity contribution in [1.82, 2.24) is 0 Å². The molecule has 2 aliphatic heterocycles. The van der Waals surface area contributed by atoms with Gasteiger partial charge in [0.1, 0.15) is 23.0 Å². The van der Waals surface area contributed by atoms with Crippen LogP contribution in [0.4, 0.5) is 5.69 Å². The van der Waals surface area contributed by atoms with Crippen molar-refractivity contribution in [2.75, 3.05) is 18.6 Å². The first kappa shape index (κ1) is 23.5. The summed E-state index contributed by atoms with van der Waals surface area (Å²) in [5.74, 6) is 0.309. The molecule has 0 saturated carbocycles. The maximum absolute atomic E-state index is 13.4. The van der Waals surface area contributed by atoms with Gasteiger partial charge < -0.3 is 19.3 Å². The molecule has 0 aliphatic carbocycles. The van der Waals surface area contributed by atoms with Crippen LogP contribution in [-0.4, -0.2) is 36.6 Å². The largest absolute Gasteiger partial charge is 0.507 e. The molecule has 5 rings (SSSR count). The van der Waals surface area contributed by atoms with Crippen LogP contribution in [-0.2, 0) is 16.0 Å². The summed E-state index contributed by atoms with van der Waals surface area (Å²) >= 11 is 0. The predicted molar refractivity (Wildman–Crippen MR) is 136 cm³/mol. The number of ketones is 1. The first-order valence-corrected chi connectivity index (χ1v) is 11.8. The molecule has 0 spiro atoms. The number of benzene rings is 3. The third-order valence-electron chi connectivity index (χ3n) is 6.30. The van der Waals surface area contributed by atoms with Crippen LogP contribution < -0.4 is 19.1 Å². The smallest absolute Gasteiger partial charge is 0.300 e. The number of fused-ring (bicyclic) bond motifs is 1. The maximum atomic E-state index is 13.4. The van der Waals surface area contributed by atoms with Gasteiger partial charge in [-0.25, -0.2) is 0 Å². The standard InChI is InChI=1S/C29H27NO6/c1-17(2)36-23-6-4-5-19(16-23)26-25(27(31)20-7-12-24-18(15-20)13-14-35-24)28(32)29(33)30(26)21-8-10-22(34-3)11-9-21/h4-12,15-17,26,31H,13-14H2,1-3H3/b27-25-. The Labute approximate surface area is 209 Å². The molecule has 3 aromatic rings. The SMILES string of the molecule is COc1ccc(N2C(=O)C(=O)/C(=C(\O)c3ccc4c(c3)CCO4)C2c2cccc(OC(C)C)c2)cc1. The summed E-state index contributed by atoms with van der Waals surface area (Å²) in [6, 6.07) is 18.6. The predicted octanol–water partition coefficient (Wildman–Crippen LogP) is 5.04. The first-order valence-electron chi connectivity index (χ1n) is 11.8. The van der Waals surface area contributed by atoms with Gasteiger partial charge in [0.2, 0.25) is 0 Å². The molecule has 3 aromatic carbocycles. The number of nitrogens with zero attached hydrogens (tertiary/aromatic N) is 1. The van der Waals surface area contributed by atoms with Gasteiger partial charge >= 0.3 is 0 Å². The van der Waals surface area contributed by atoms with Crippen molar-refractivity contribution in [3.8, 4) is 17.2 Å². The van der Waals surface area contributed by atoms with Crippen LogP contribution in [0.3, 0.4) is 0 Å². The van der Waals surface area contributed by atoms with Crippen LogP contribution in [0.25, 0.3) is 5.76 Å². The van der Waals surface area contributed by atoms with Crippen LogP contribution in [0.5, 0.6) is 17.2 Å². The minimum atomic E-state index is -0.849. The zero-order chi connectivity index (χ0) is 25.4. The fourth-order valence-electron chi connectivity index (χ4n) is 4.68. The van der Waals surface area contributed by atoms with E-state index in [1.807, 2.05) is 38.1 Å². The molecular weight excluding hydrogens is 458 g/mol. The third-order valence-corrected chi connectivity index (χ3v) is 6.30. The summed E-state index contributed by atoms with van der Waals surface area (Å²) in [6.45, 7) is 4.42.